The Bertz CT molecular complexity index is 1530. The highest BCUT2D eigenvalue weighted by atomic mass is 19.1. The molecule has 0 aliphatic carbocycles. The number of halogens is 1. The van der Waals surface area contributed by atoms with E-state index >= 15 is 0 Å². The number of hydroxylamine groups is 1. The fraction of sp³-hybridized carbons (Fsp3) is 0.188. The average Bonchev–Trinajstić information content (AvgIpc) is 3.49. The minimum absolute atomic E-state index is 0.0832. The van der Waals surface area contributed by atoms with E-state index in [1.54, 1.807) is 17.2 Å². The summed E-state index contributed by atoms with van der Waals surface area (Å²) >= 11 is 0. The molecule has 4 aromatic carbocycles. The molecule has 8 heteroatoms. The van der Waals surface area contributed by atoms with Crippen LogP contribution in [-0.4, -0.2) is 24.5 Å². The fourth-order valence-electron chi connectivity index (χ4n) is 5.25. The molecule has 0 radical (unpaired) electrons. The van der Waals surface area contributed by atoms with Crippen molar-refractivity contribution in [3.63, 3.8) is 0 Å². The summed E-state index contributed by atoms with van der Waals surface area (Å²) in [5.74, 6) is -1.62. The largest absolute Gasteiger partial charge is 0.490 e. The number of carbonyl (C=O) groups excluding carboxylic acids is 2. The number of nitrogens with zero attached hydrogens (tertiary/aromatic N) is 2. The Morgan fingerprint density at radius 2 is 1.50 bits per heavy atom. The number of anilines is 2. The number of hydrogen-bond acceptors (Lipinski definition) is 6. The SMILES string of the molecule is CCOc1cc([C@H]2[C@H]3C(=O)N(c4ccccc4F)C(=O)[C@@H]3ON2c2ccccc2)ccc1OCc1ccccc1. The zero-order valence-corrected chi connectivity index (χ0v) is 21.8. The monoisotopic (exact) mass is 538 g/mol. The van der Waals surface area contributed by atoms with Gasteiger partial charge >= 0.3 is 0 Å². The van der Waals surface area contributed by atoms with E-state index in [1.807, 2.05) is 79.7 Å². The third kappa shape index (κ3) is 4.56. The van der Waals surface area contributed by atoms with Crippen LogP contribution in [-0.2, 0) is 21.0 Å². The molecule has 2 aliphatic heterocycles. The van der Waals surface area contributed by atoms with E-state index in [0.29, 0.717) is 36.0 Å². The van der Waals surface area contributed by atoms with Crippen LogP contribution in [0.15, 0.2) is 103 Å². The standard InChI is InChI=1S/C32H27FN2O5/c1-2-38-27-19-22(17-18-26(27)39-20-21-11-5-3-6-12-21)29-28-30(40-35(29)23-13-7-4-8-14-23)32(37)34(31(28)36)25-16-10-9-15-24(25)33/h3-19,28-30H,2,20H2,1H3/t28-,29+,30-/m1/s1. The number of ether oxygens (including phenoxy) is 2. The van der Waals surface area contributed by atoms with Crippen LogP contribution in [0.3, 0.4) is 0 Å². The summed E-state index contributed by atoms with van der Waals surface area (Å²) in [5.41, 5.74) is 2.31. The third-order valence-corrected chi connectivity index (χ3v) is 7.07. The summed E-state index contributed by atoms with van der Waals surface area (Å²) in [5, 5.41) is 1.60. The Morgan fingerprint density at radius 1 is 0.800 bits per heavy atom. The van der Waals surface area contributed by atoms with Gasteiger partial charge in [0.1, 0.15) is 18.3 Å². The van der Waals surface area contributed by atoms with Gasteiger partial charge in [0.05, 0.1) is 24.0 Å². The van der Waals surface area contributed by atoms with Gasteiger partial charge in [0, 0.05) is 0 Å². The minimum atomic E-state index is -1.11. The van der Waals surface area contributed by atoms with Crippen LogP contribution >= 0.6 is 0 Å². The van der Waals surface area contributed by atoms with E-state index in [4.69, 9.17) is 14.3 Å². The molecule has 4 aromatic rings. The van der Waals surface area contributed by atoms with Crippen LogP contribution in [0.5, 0.6) is 11.5 Å². The fourth-order valence-corrected chi connectivity index (χ4v) is 5.25. The number of para-hydroxylation sites is 2. The van der Waals surface area contributed by atoms with Gasteiger partial charge in [-0.3, -0.25) is 14.4 Å². The second-order valence-electron chi connectivity index (χ2n) is 9.53. The smallest absolute Gasteiger partial charge is 0.266 e. The highest BCUT2D eigenvalue weighted by Gasteiger charge is 2.60. The lowest BCUT2D eigenvalue weighted by Crippen LogP contribution is -2.37. The summed E-state index contributed by atoms with van der Waals surface area (Å²) in [7, 11) is 0. The van der Waals surface area contributed by atoms with Gasteiger partial charge in [-0.05, 0) is 54.4 Å². The molecule has 0 aromatic heterocycles. The Hall–Kier alpha value is -4.69. The Balaban J connectivity index is 1.38. The Kier molecular flexibility index (Phi) is 6.92. The molecule has 3 atom stereocenters. The van der Waals surface area contributed by atoms with E-state index < -0.39 is 35.7 Å². The normalized spacial score (nSPS) is 20.1. The summed E-state index contributed by atoms with van der Waals surface area (Å²) < 4.78 is 26.7. The quantitative estimate of drug-likeness (QED) is 0.262. The molecule has 2 heterocycles. The lowest BCUT2D eigenvalue weighted by atomic mass is 9.90. The van der Waals surface area contributed by atoms with E-state index in [0.717, 1.165) is 10.5 Å². The highest BCUT2D eigenvalue weighted by Crippen LogP contribution is 2.49. The second kappa shape index (κ2) is 10.8. The summed E-state index contributed by atoms with van der Waals surface area (Å²) in [6, 6.07) is 29.6. The first kappa shape index (κ1) is 25.6. The van der Waals surface area contributed by atoms with Crippen LogP contribution in [0.1, 0.15) is 24.1 Å². The first-order valence-electron chi connectivity index (χ1n) is 13.1. The van der Waals surface area contributed by atoms with Gasteiger partial charge in [-0.1, -0.05) is 66.7 Å². The maximum atomic E-state index is 14.7. The maximum Gasteiger partial charge on any atom is 0.266 e. The summed E-state index contributed by atoms with van der Waals surface area (Å²) in [6.07, 6.45) is -1.11. The van der Waals surface area contributed by atoms with Crippen LogP contribution in [0, 0.1) is 11.7 Å². The van der Waals surface area contributed by atoms with Crippen molar-refractivity contribution in [2.75, 3.05) is 16.6 Å². The molecule has 0 spiro atoms. The van der Waals surface area contributed by atoms with Gasteiger partial charge in [-0.2, -0.15) is 0 Å². The summed E-state index contributed by atoms with van der Waals surface area (Å²) in [4.78, 5) is 34.4. The van der Waals surface area contributed by atoms with Crippen LogP contribution in [0.2, 0.25) is 0 Å². The van der Waals surface area contributed by atoms with Crippen LogP contribution < -0.4 is 19.4 Å². The van der Waals surface area contributed by atoms with E-state index in [2.05, 4.69) is 0 Å². The molecule has 40 heavy (non-hydrogen) atoms. The molecule has 2 aliphatic rings. The molecular formula is C32H27FN2O5. The zero-order valence-electron chi connectivity index (χ0n) is 21.8. The molecule has 2 amide bonds. The lowest BCUT2D eigenvalue weighted by Gasteiger charge is -2.29. The Labute approximate surface area is 231 Å². The maximum absolute atomic E-state index is 14.7. The number of benzene rings is 4. The van der Waals surface area contributed by atoms with Crippen molar-refractivity contribution >= 4 is 23.2 Å². The van der Waals surface area contributed by atoms with Gasteiger partial charge in [-0.25, -0.2) is 14.4 Å². The van der Waals surface area contributed by atoms with E-state index in [1.165, 1.54) is 18.2 Å². The number of hydrogen-bond donors (Lipinski definition) is 0. The lowest BCUT2D eigenvalue weighted by molar-refractivity contribution is -0.126. The van der Waals surface area contributed by atoms with Crippen molar-refractivity contribution in [3.8, 4) is 11.5 Å². The molecule has 2 saturated heterocycles. The zero-order chi connectivity index (χ0) is 27.6. The summed E-state index contributed by atoms with van der Waals surface area (Å²) in [6.45, 7) is 2.64. The predicted octanol–water partition coefficient (Wildman–Crippen LogP) is 5.85. The molecule has 0 N–H and O–H groups in total. The van der Waals surface area contributed by atoms with Crippen LogP contribution in [0.4, 0.5) is 15.8 Å². The first-order chi connectivity index (χ1) is 19.6. The highest BCUT2D eigenvalue weighted by molar-refractivity contribution is 6.24. The number of amides is 2. The molecule has 0 bridgehead atoms. The van der Waals surface area contributed by atoms with Crippen molar-refractivity contribution in [3.05, 3.63) is 120 Å². The molecule has 2 fully saturated rings. The molecular weight excluding hydrogens is 511 g/mol. The Morgan fingerprint density at radius 3 is 2.23 bits per heavy atom. The minimum Gasteiger partial charge on any atom is -0.490 e. The van der Waals surface area contributed by atoms with Gasteiger partial charge in [0.25, 0.3) is 5.91 Å². The number of carbonyl (C=O) groups is 2. The van der Waals surface area contributed by atoms with Crippen LogP contribution in [0.25, 0.3) is 0 Å². The molecule has 0 saturated carbocycles. The van der Waals surface area contributed by atoms with Gasteiger partial charge < -0.3 is 9.47 Å². The number of imide groups is 1. The second-order valence-corrected chi connectivity index (χ2v) is 9.53. The third-order valence-electron chi connectivity index (χ3n) is 7.07. The van der Waals surface area contributed by atoms with Crippen molar-refractivity contribution in [2.45, 2.75) is 25.7 Å². The van der Waals surface area contributed by atoms with Crippen molar-refractivity contribution < 1.29 is 28.3 Å². The molecule has 0 unspecified atom stereocenters. The number of rotatable bonds is 8. The van der Waals surface area contributed by atoms with Crippen molar-refractivity contribution in [1.29, 1.82) is 0 Å². The van der Waals surface area contributed by atoms with Gasteiger partial charge in [-0.15, -0.1) is 0 Å². The predicted molar refractivity (Wildman–Crippen MR) is 147 cm³/mol. The van der Waals surface area contributed by atoms with Crippen molar-refractivity contribution in [2.24, 2.45) is 5.92 Å². The molecule has 7 nitrogen and oxygen atoms in total. The first-order valence-corrected chi connectivity index (χ1v) is 13.1. The van der Waals surface area contributed by atoms with Crippen molar-refractivity contribution in [1.82, 2.24) is 0 Å². The van der Waals surface area contributed by atoms with E-state index in [-0.39, 0.29) is 5.69 Å². The van der Waals surface area contributed by atoms with E-state index in [9.17, 15) is 14.0 Å². The topological polar surface area (TPSA) is 68.3 Å². The van der Waals surface area contributed by atoms with Gasteiger partial charge in [0.2, 0.25) is 5.91 Å². The molecule has 202 valence electrons. The van der Waals surface area contributed by atoms with Gasteiger partial charge in [0.15, 0.2) is 17.6 Å². The average molecular weight is 539 g/mol. The molecule has 6 rings (SSSR count). The number of fused-ring (bicyclic) bond motifs is 1.